The molecule has 0 radical (unpaired) electrons. The average Bonchev–Trinajstić information content (AvgIpc) is 2.27. The SMILES string of the molecule is O=C1CN(c2cccc(F)c2)C(C(F)(F)F)CN1. The minimum absolute atomic E-state index is 0.0483. The molecular formula is C11H10F4N2O. The molecule has 1 aliphatic heterocycles. The van der Waals surface area contributed by atoms with E-state index in [0.717, 1.165) is 17.0 Å². The third-order valence-electron chi connectivity index (χ3n) is 2.70. The van der Waals surface area contributed by atoms with Crippen molar-refractivity contribution in [2.24, 2.45) is 0 Å². The summed E-state index contributed by atoms with van der Waals surface area (Å²) in [6, 6.07) is 2.94. The second-order valence-electron chi connectivity index (χ2n) is 3.97. The molecule has 1 saturated heterocycles. The van der Waals surface area contributed by atoms with Gasteiger partial charge in [0.15, 0.2) is 0 Å². The molecule has 98 valence electrons. The first-order chi connectivity index (χ1) is 8.38. The Morgan fingerprint density at radius 3 is 2.67 bits per heavy atom. The lowest BCUT2D eigenvalue weighted by Crippen LogP contribution is -2.60. The number of benzene rings is 1. The van der Waals surface area contributed by atoms with Crippen LogP contribution in [0.1, 0.15) is 0 Å². The molecule has 1 aliphatic rings. The van der Waals surface area contributed by atoms with E-state index in [0.29, 0.717) is 0 Å². The van der Waals surface area contributed by atoms with Gasteiger partial charge in [0, 0.05) is 12.2 Å². The summed E-state index contributed by atoms with van der Waals surface area (Å²) in [4.78, 5) is 12.1. The van der Waals surface area contributed by atoms with Crippen LogP contribution in [0, 0.1) is 5.82 Å². The summed E-state index contributed by atoms with van der Waals surface area (Å²) < 4.78 is 51.5. The van der Waals surface area contributed by atoms with E-state index in [4.69, 9.17) is 0 Å². The van der Waals surface area contributed by atoms with Gasteiger partial charge in [-0.3, -0.25) is 4.79 Å². The lowest BCUT2D eigenvalue weighted by atomic mass is 10.1. The topological polar surface area (TPSA) is 32.3 Å². The van der Waals surface area contributed by atoms with E-state index in [9.17, 15) is 22.4 Å². The first-order valence-electron chi connectivity index (χ1n) is 5.23. The second-order valence-corrected chi connectivity index (χ2v) is 3.97. The second kappa shape index (κ2) is 4.47. The van der Waals surface area contributed by atoms with Gasteiger partial charge in [-0.1, -0.05) is 6.07 Å². The maximum Gasteiger partial charge on any atom is 0.410 e. The van der Waals surface area contributed by atoms with E-state index in [-0.39, 0.29) is 5.69 Å². The van der Waals surface area contributed by atoms with E-state index in [1.165, 1.54) is 12.1 Å². The van der Waals surface area contributed by atoms with Crippen molar-refractivity contribution in [1.29, 1.82) is 0 Å². The number of hydrogen-bond acceptors (Lipinski definition) is 2. The maximum atomic E-state index is 13.0. The van der Waals surface area contributed by atoms with Crippen LogP contribution >= 0.6 is 0 Å². The average molecular weight is 262 g/mol. The standard InChI is InChI=1S/C11H10F4N2O/c12-7-2-1-3-8(4-7)17-6-10(18)16-5-9(17)11(13,14)15/h1-4,9H,5-6H2,(H,16,18). The van der Waals surface area contributed by atoms with Gasteiger partial charge in [0.25, 0.3) is 0 Å². The molecule has 1 aromatic carbocycles. The molecule has 18 heavy (non-hydrogen) atoms. The molecule has 0 aromatic heterocycles. The zero-order valence-corrected chi connectivity index (χ0v) is 9.17. The number of carbonyl (C=O) groups is 1. The van der Waals surface area contributed by atoms with Crippen molar-refractivity contribution in [2.75, 3.05) is 18.0 Å². The summed E-state index contributed by atoms with van der Waals surface area (Å²) >= 11 is 0. The van der Waals surface area contributed by atoms with E-state index < -0.39 is 37.0 Å². The van der Waals surface area contributed by atoms with Crippen molar-refractivity contribution in [3.8, 4) is 0 Å². The Hall–Kier alpha value is -1.79. The molecule has 7 heteroatoms. The number of piperazine rings is 1. The molecule has 1 amide bonds. The Balaban J connectivity index is 2.34. The Morgan fingerprint density at radius 1 is 1.33 bits per heavy atom. The Bertz CT molecular complexity index is 461. The van der Waals surface area contributed by atoms with Crippen LogP contribution < -0.4 is 10.2 Å². The van der Waals surface area contributed by atoms with Crippen molar-refractivity contribution >= 4 is 11.6 Å². The fourth-order valence-corrected chi connectivity index (χ4v) is 1.86. The monoisotopic (exact) mass is 262 g/mol. The van der Waals surface area contributed by atoms with Gasteiger partial charge >= 0.3 is 6.18 Å². The summed E-state index contributed by atoms with van der Waals surface area (Å²) in [6.45, 7) is -0.966. The van der Waals surface area contributed by atoms with Crippen LogP contribution in [0.15, 0.2) is 24.3 Å². The van der Waals surface area contributed by atoms with Crippen molar-refractivity contribution in [2.45, 2.75) is 12.2 Å². The van der Waals surface area contributed by atoms with E-state index in [2.05, 4.69) is 5.32 Å². The number of rotatable bonds is 1. The molecule has 0 spiro atoms. The highest BCUT2D eigenvalue weighted by molar-refractivity contribution is 5.83. The fourth-order valence-electron chi connectivity index (χ4n) is 1.86. The van der Waals surface area contributed by atoms with Gasteiger partial charge in [0.2, 0.25) is 5.91 Å². The normalized spacial score (nSPS) is 20.8. The molecule has 1 heterocycles. The number of carbonyl (C=O) groups excluding carboxylic acids is 1. The molecule has 0 aliphatic carbocycles. The summed E-state index contributed by atoms with van der Waals surface area (Å²) in [5.41, 5.74) is 0.0483. The number of hydrogen-bond donors (Lipinski definition) is 1. The summed E-state index contributed by atoms with van der Waals surface area (Å²) in [6.07, 6.45) is -4.49. The number of amides is 1. The minimum atomic E-state index is -4.49. The first-order valence-corrected chi connectivity index (χ1v) is 5.23. The third-order valence-corrected chi connectivity index (χ3v) is 2.70. The zero-order valence-electron chi connectivity index (χ0n) is 9.17. The molecular weight excluding hydrogens is 252 g/mol. The quantitative estimate of drug-likeness (QED) is 0.781. The van der Waals surface area contributed by atoms with Crippen molar-refractivity contribution < 1.29 is 22.4 Å². The predicted octanol–water partition coefficient (Wildman–Crippen LogP) is 1.69. The van der Waals surface area contributed by atoms with E-state index in [1.54, 1.807) is 0 Å². The molecule has 3 nitrogen and oxygen atoms in total. The number of nitrogens with zero attached hydrogens (tertiary/aromatic N) is 1. The van der Waals surface area contributed by atoms with Crippen molar-refractivity contribution in [3.05, 3.63) is 30.1 Å². The van der Waals surface area contributed by atoms with Crippen LogP contribution in [0.4, 0.5) is 23.2 Å². The minimum Gasteiger partial charge on any atom is -0.352 e. The van der Waals surface area contributed by atoms with Crippen LogP contribution in [-0.2, 0) is 4.79 Å². The number of alkyl halides is 3. The van der Waals surface area contributed by atoms with Crippen molar-refractivity contribution in [3.63, 3.8) is 0 Å². The van der Waals surface area contributed by atoms with Gasteiger partial charge in [-0.25, -0.2) is 4.39 Å². The van der Waals surface area contributed by atoms with E-state index in [1.807, 2.05) is 0 Å². The fraction of sp³-hybridized carbons (Fsp3) is 0.364. The van der Waals surface area contributed by atoms with Crippen LogP contribution in [0.5, 0.6) is 0 Å². The van der Waals surface area contributed by atoms with Gasteiger partial charge < -0.3 is 10.2 Å². The maximum absolute atomic E-state index is 13.0. The number of halogens is 4. The Labute approximate surface area is 100 Å². The largest absolute Gasteiger partial charge is 0.410 e. The van der Waals surface area contributed by atoms with Crippen LogP contribution in [0.25, 0.3) is 0 Å². The van der Waals surface area contributed by atoms with Gasteiger partial charge in [-0.2, -0.15) is 13.2 Å². The molecule has 1 fully saturated rings. The highest BCUT2D eigenvalue weighted by atomic mass is 19.4. The molecule has 1 unspecified atom stereocenters. The van der Waals surface area contributed by atoms with Crippen LogP contribution in [-0.4, -0.2) is 31.2 Å². The van der Waals surface area contributed by atoms with E-state index >= 15 is 0 Å². The van der Waals surface area contributed by atoms with Gasteiger partial charge in [0.1, 0.15) is 11.9 Å². The molecule has 1 N–H and O–H groups in total. The highest BCUT2D eigenvalue weighted by Crippen LogP contribution is 2.30. The zero-order chi connectivity index (χ0) is 13.3. The summed E-state index contributed by atoms with van der Waals surface area (Å²) in [5.74, 6) is -1.15. The highest BCUT2D eigenvalue weighted by Gasteiger charge is 2.46. The first kappa shape index (κ1) is 12.7. The molecule has 1 aromatic rings. The summed E-state index contributed by atoms with van der Waals surface area (Å²) in [7, 11) is 0. The molecule has 1 atom stereocenters. The number of anilines is 1. The van der Waals surface area contributed by atoms with Gasteiger partial charge in [-0.05, 0) is 18.2 Å². The van der Waals surface area contributed by atoms with Crippen LogP contribution in [0.2, 0.25) is 0 Å². The third kappa shape index (κ3) is 2.55. The predicted molar refractivity (Wildman–Crippen MR) is 56.6 cm³/mol. The molecule has 2 rings (SSSR count). The lowest BCUT2D eigenvalue weighted by molar-refractivity contribution is -0.153. The van der Waals surface area contributed by atoms with Gasteiger partial charge in [0.05, 0.1) is 6.54 Å². The molecule has 0 saturated carbocycles. The lowest BCUT2D eigenvalue weighted by Gasteiger charge is -2.38. The summed E-state index contributed by atoms with van der Waals surface area (Å²) in [5, 5.41) is 2.16. The Kier molecular flexibility index (Phi) is 3.14. The smallest absolute Gasteiger partial charge is 0.352 e. The molecule has 0 bridgehead atoms. The van der Waals surface area contributed by atoms with Gasteiger partial charge in [-0.15, -0.1) is 0 Å². The van der Waals surface area contributed by atoms with Crippen molar-refractivity contribution in [1.82, 2.24) is 5.32 Å². The number of nitrogens with one attached hydrogen (secondary N) is 1. The Morgan fingerprint density at radius 2 is 2.06 bits per heavy atom. The van der Waals surface area contributed by atoms with Crippen LogP contribution in [0.3, 0.4) is 0 Å².